The van der Waals surface area contributed by atoms with Crippen molar-refractivity contribution in [2.24, 2.45) is 0 Å². The Morgan fingerprint density at radius 3 is 2.12 bits per heavy atom. The van der Waals surface area contributed by atoms with Gasteiger partial charge in [-0.1, -0.05) is 23.2 Å². The molecule has 1 rings (SSSR count). The second-order valence-electron chi connectivity index (χ2n) is 2.79. The Kier molecular flexibility index (Phi) is 4.83. The van der Waals surface area contributed by atoms with E-state index in [-0.39, 0.29) is 23.3 Å². The molecule has 0 spiro atoms. The highest BCUT2D eigenvalue weighted by Gasteiger charge is 2.47. The number of carbonyl (C=O) groups excluding carboxylic acids is 1. The molecule has 1 aliphatic heterocycles. The lowest BCUT2D eigenvalue weighted by molar-refractivity contribution is -0.137. The maximum Gasteiger partial charge on any atom is 0.376 e. The molecule has 0 aliphatic carbocycles. The highest BCUT2D eigenvalue weighted by molar-refractivity contribution is 7.55. The van der Waals surface area contributed by atoms with Crippen LogP contribution in [-0.2, 0) is 23.1 Å². The summed E-state index contributed by atoms with van der Waals surface area (Å²) in [6.07, 6.45) is 0. The van der Waals surface area contributed by atoms with Gasteiger partial charge in [0.1, 0.15) is 5.03 Å². The zero-order chi connectivity index (χ0) is 12.3. The maximum atomic E-state index is 12.2. The van der Waals surface area contributed by atoms with E-state index in [4.69, 9.17) is 37.0 Å². The van der Waals surface area contributed by atoms with Crippen LogP contribution in [0.3, 0.4) is 0 Å². The summed E-state index contributed by atoms with van der Waals surface area (Å²) in [6.45, 7) is 3.57. The van der Waals surface area contributed by atoms with Crippen LogP contribution < -0.4 is 0 Å². The van der Waals surface area contributed by atoms with E-state index < -0.39 is 19.4 Å². The molecule has 5 nitrogen and oxygen atoms in total. The molecule has 0 N–H and O–H groups in total. The van der Waals surface area contributed by atoms with Crippen LogP contribution in [0.25, 0.3) is 0 Å². The largest absolute Gasteiger partial charge is 0.439 e. The van der Waals surface area contributed by atoms with Gasteiger partial charge in [0.2, 0.25) is 5.85 Å². The number of halogens is 2. The van der Waals surface area contributed by atoms with Gasteiger partial charge in [-0.05, 0) is 13.8 Å². The number of ether oxygens (including phenoxy) is 1. The highest BCUT2D eigenvalue weighted by Crippen LogP contribution is 2.59. The van der Waals surface area contributed by atoms with Crippen molar-refractivity contribution in [2.45, 2.75) is 19.7 Å². The summed E-state index contributed by atoms with van der Waals surface area (Å²) >= 11 is 11.3. The summed E-state index contributed by atoms with van der Waals surface area (Å²) in [7, 11) is -3.62. The summed E-state index contributed by atoms with van der Waals surface area (Å²) in [5, 5.41) is -0.428. The van der Waals surface area contributed by atoms with Crippen LogP contribution in [0.2, 0.25) is 0 Å². The van der Waals surface area contributed by atoms with E-state index in [1.807, 2.05) is 0 Å². The van der Waals surface area contributed by atoms with Crippen LogP contribution in [0.1, 0.15) is 13.8 Å². The highest BCUT2D eigenvalue weighted by atomic mass is 35.5. The predicted molar refractivity (Wildman–Crippen MR) is 59.5 cm³/mol. The van der Waals surface area contributed by atoms with E-state index in [0.29, 0.717) is 0 Å². The van der Waals surface area contributed by atoms with Crippen LogP contribution in [-0.4, -0.2) is 25.0 Å². The molecule has 0 fully saturated rings. The number of cyclic esters (lactones) is 1. The lowest BCUT2D eigenvalue weighted by Gasteiger charge is -2.21. The fraction of sp³-hybridized carbons (Fsp3) is 0.625. The quantitative estimate of drug-likeness (QED) is 0.575. The van der Waals surface area contributed by atoms with E-state index in [1.54, 1.807) is 13.8 Å². The fourth-order valence-electron chi connectivity index (χ4n) is 1.15. The van der Waals surface area contributed by atoms with Crippen LogP contribution >= 0.6 is 30.8 Å². The maximum absolute atomic E-state index is 12.2. The van der Waals surface area contributed by atoms with Gasteiger partial charge >= 0.3 is 13.6 Å². The number of hydrogen-bond donors (Lipinski definition) is 0. The van der Waals surface area contributed by atoms with E-state index in [0.717, 1.165) is 0 Å². The Labute approximate surface area is 103 Å². The standard InChI is InChI=1S/C8H11Cl2O5P/c1-3-13-16(12,14-4-2)8-6(10)5(9)7(11)15-8/h8H,3-4H2,1-2H3. The van der Waals surface area contributed by atoms with Gasteiger partial charge in [0.05, 0.1) is 18.2 Å². The second-order valence-corrected chi connectivity index (χ2v) is 5.65. The minimum atomic E-state index is -3.62. The van der Waals surface area contributed by atoms with Gasteiger partial charge < -0.3 is 13.8 Å². The lowest BCUT2D eigenvalue weighted by atomic mass is 10.5. The van der Waals surface area contributed by atoms with Crippen molar-refractivity contribution < 1.29 is 23.1 Å². The Bertz CT molecular complexity index is 357. The van der Waals surface area contributed by atoms with E-state index in [2.05, 4.69) is 0 Å². The van der Waals surface area contributed by atoms with E-state index in [9.17, 15) is 9.36 Å². The van der Waals surface area contributed by atoms with Gasteiger partial charge in [0.25, 0.3) is 0 Å². The van der Waals surface area contributed by atoms with Crippen molar-refractivity contribution in [1.82, 2.24) is 0 Å². The smallest absolute Gasteiger partial charge is 0.376 e. The van der Waals surface area contributed by atoms with Crippen LogP contribution in [0, 0.1) is 0 Å². The van der Waals surface area contributed by atoms with Crippen molar-refractivity contribution in [1.29, 1.82) is 0 Å². The molecule has 16 heavy (non-hydrogen) atoms. The Balaban J connectivity index is 2.99. The molecule has 1 unspecified atom stereocenters. The monoisotopic (exact) mass is 288 g/mol. The number of carbonyl (C=O) groups is 1. The SMILES string of the molecule is CCOP(=O)(OCC)C1OC(=O)C(Cl)=C1Cl. The molecule has 0 aromatic rings. The molecular formula is C8H11Cl2O5P. The molecule has 1 atom stereocenters. The third kappa shape index (κ3) is 2.60. The number of rotatable bonds is 5. The zero-order valence-corrected chi connectivity index (χ0v) is 11.1. The average Bonchev–Trinajstić information content (AvgIpc) is 2.47. The molecule has 92 valence electrons. The molecule has 1 heterocycles. The third-order valence-electron chi connectivity index (χ3n) is 1.73. The molecule has 0 saturated carbocycles. The second kappa shape index (κ2) is 5.52. The summed E-state index contributed by atoms with van der Waals surface area (Å²) in [6, 6.07) is 0. The normalized spacial score (nSPS) is 21.5. The summed E-state index contributed by atoms with van der Waals surface area (Å²) in [4.78, 5) is 11.1. The number of esters is 1. The van der Waals surface area contributed by atoms with Crippen LogP contribution in [0.5, 0.6) is 0 Å². The summed E-state index contributed by atoms with van der Waals surface area (Å²) in [5.74, 6) is -2.08. The van der Waals surface area contributed by atoms with Gasteiger partial charge in [-0.15, -0.1) is 0 Å². The van der Waals surface area contributed by atoms with Gasteiger partial charge in [-0.3, -0.25) is 4.57 Å². The summed E-state index contributed by atoms with van der Waals surface area (Å²) < 4.78 is 27.0. The average molecular weight is 289 g/mol. The molecule has 0 amide bonds. The topological polar surface area (TPSA) is 61.8 Å². The molecule has 1 aliphatic rings. The van der Waals surface area contributed by atoms with Crippen molar-refractivity contribution >= 4 is 36.8 Å². The van der Waals surface area contributed by atoms with Crippen molar-refractivity contribution in [3.8, 4) is 0 Å². The first-order chi connectivity index (χ1) is 7.46. The van der Waals surface area contributed by atoms with Crippen LogP contribution in [0.15, 0.2) is 10.1 Å². The van der Waals surface area contributed by atoms with E-state index in [1.165, 1.54) is 0 Å². The minimum absolute atomic E-state index is 0.142. The first kappa shape index (κ1) is 14.0. The molecule has 8 heteroatoms. The van der Waals surface area contributed by atoms with Gasteiger partial charge in [-0.2, -0.15) is 0 Å². The Morgan fingerprint density at radius 2 is 1.81 bits per heavy atom. The van der Waals surface area contributed by atoms with Crippen molar-refractivity contribution in [3.05, 3.63) is 10.1 Å². The van der Waals surface area contributed by atoms with Gasteiger partial charge in [0.15, 0.2) is 0 Å². The Hall–Kier alpha value is -0.0600. The summed E-state index contributed by atoms with van der Waals surface area (Å²) in [5.41, 5.74) is 0. The zero-order valence-electron chi connectivity index (χ0n) is 8.74. The lowest BCUT2D eigenvalue weighted by Crippen LogP contribution is -2.15. The molecule has 0 aromatic carbocycles. The molecular weight excluding hydrogens is 278 g/mol. The first-order valence-corrected chi connectivity index (χ1v) is 6.98. The first-order valence-electron chi connectivity index (χ1n) is 4.61. The van der Waals surface area contributed by atoms with Gasteiger partial charge in [0, 0.05) is 0 Å². The minimum Gasteiger partial charge on any atom is -0.439 e. The molecule has 0 radical (unpaired) electrons. The number of hydrogen-bond acceptors (Lipinski definition) is 5. The van der Waals surface area contributed by atoms with Crippen LogP contribution in [0.4, 0.5) is 0 Å². The van der Waals surface area contributed by atoms with E-state index >= 15 is 0 Å². The van der Waals surface area contributed by atoms with Crippen molar-refractivity contribution in [3.63, 3.8) is 0 Å². The molecule has 0 saturated heterocycles. The molecule has 0 bridgehead atoms. The van der Waals surface area contributed by atoms with Gasteiger partial charge in [-0.25, -0.2) is 4.79 Å². The Morgan fingerprint density at radius 1 is 1.31 bits per heavy atom. The fourth-order valence-corrected chi connectivity index (χ4v) is 3.54. The molecule has 0 aromatic heterocycles. The predicted octanol–water partition coefficient (Wildman–Crippen LogP) is 2.82. The third-order valence-corrected chi connectivity index (χ3v) is 4.90. The van der Waals surface area contributed by atoms with Crippen molar-refractivity contribution in [2.75, 3.05) is 13.2 Å².